The molecule has 0 radical (unpaired) electrons. The van der Waals surface area contributed by atoms with Crippen molar-refractivity contribution in [3.63, 3.8) is 0 Å². The number of halogens is 1. The van der Waals surface area contributed by atoms with Gasteiger partial charge in [-0.15, -0.1) is 12.4 Å². The predicted octanol–water partition coefficient (Wildman–Crippen LogP) is 2.68. The van der Waals surface area contributed by atoms with Crippen LogP contribution in [0.15, 0.2) is 47.1 Å². The number of furan rings is 1. The summed E-state index contributed by atoms with van der Waals surface area (Å²) in [5.41, 5.74) is 1.03. The molecular weight excluding hydrogens is 330 g/mol. The zero-order valence-electron chi connectivity index (χ0n) is 13.7. The Labute approximate surface area is 147 Å². The second kappa shape index (κ2) is 9.75. The van der Waals surface area contributed by atoms with E-state index in [1.54, 1.807) is 36.4 Å². The topological polar surface area (TPSA) is 83.4 Å². The van der Waals surface area contributed by atoms with Crippen LogP contribution in [0.5, 0.6) is 0 Å². The Bertz CT molecular complexity index is 659. The van der Waals surface area contributed by atoms with Crippen molar-refractivity contribution in [3.05, 3.63) is 54.0 Å². The predicted molar refractivity (Wildman–Crippen MR) is 95.8 cm³/mol. The van der Waals surface area contributed by atoms with Gasteiger partial charge in [-0.25, -0.2) is 0 Å². The lowest BCUT2D eigenvalue weighted by molar-refractivity contribution is 0.0948. The van der Waals surface area contributed by atoms with E-state index in [-0.39, 0.29) is 36.0 Å². The van der Waals surface area contributed by atoms with Gasteiger partial charge in [0.05, 0.1) is 6.26 Å². The molecule has 0 saturated carbocycles. The molecule has 1 atom stereocenters. The van der Waals surface area contributed by atoms with Gasteiger partial charge in [-0.3, -0.25) is 9.59 Å². The van der Waals surface area contributed by atoms with Gasteiger partial charge in [-0.2, -0.15) is 0 Å². The normalized spacial score (nSPS) is 11.2. The number of benzene rings is 1. The number of carbonyl (C=O) groups excluding carboxylic acids is 2. The van der Waals surface area contributed by atoms with Crippen LogP contribution in [-0.2, 0) is 0 Å². The van der Waals surface area contributed by atoms with Crippen molar-refractivity contribution in [1.29, 1.82) is 0 Å². The highest BCUT2D eigenvalue weighted by molar-refractivity contribution is 6.03. The molecule has 0 spiro atoms. The first-order chi connectivity index (χ1) is 11.1. The molecule has 0 fully saturated rings. The van der Waals surface area contributed by atoms with E-state index in [1.807, 2.05) is 13.8 Å². The maximum Gasteiger partial charge on any atom is 0.291 e. The van der Waals surface area contributed by atoms with Gasteiger partial charge in [0.25, 0.3) is 11.8 Å². The fourth-order valence-corrected chi connectivity index (χ4v) is 2.11. The number of nitrogens with one attached hydrogen (secondary N) is 3. The van der Waals surface area contributed by atoms with E-state index in [2.05, 4.69) is 16.0 Å². The van der Waals surface area contributed by atoms with Gasteiger partial charge in [0.1, 0.15) is 0 Å². The molecular formula is C17H22ClN3O3. The molecule has 2 aromatic rings. The zero-order chi connectivity index (χ0) is 16.7. The summed E-state index contributed by atoms with van der Waals surface area (Å²) in [4.78, 5) is 24.1. The van der Waals surface area contributed by atoms with E-state index >= 15 is 0 Å². The van der Waals surface area contributed by atoms with Crippen molar-refractivity contribution < 1.29 is 14.0 Å². The standard InChI is InChI=1S/C17H21N3O3.ClH/c1-3-18-12(2)11-19-16(21)13-6-4-7-14(10-13)20-17(22)15-8-5-9-23-15;/h4-10,12,18H,3,11H2,1-2H3,(H,19,21)(H,20,22);1H/t12-;/m1./s1. The van der Waals surface area contributed by atoms with Gasteiger partial charge < -0.3 is 20.4 Å². The summed E-state index contributed by atoms with van der Waals surface area (Å²) in [6, 6.07) is 10.2. The van der Waals surface area contributed by atoms with E-state index in [0.29, 0.717) is 17.8 Å². The minimum absolute atomic E-state index is 0. The lowest BCUT2D eigenvalue weighted by Gasteiger charge is -2.13. The van der Waals surface area contributed by atoms with E-state index in [1.165, 1.54) is 6.26 Å². The Kier molecular flexibility index (Phi) is 8.01. The van der Waals surface area contributed by atoms with Crippen molar-refractivity contribution in [2.24, 2.45) is 0 Å². The van der Waals surface area contributed by atoms with Crippen LogP contribution < -0.4 is 16.0 Å². The molecule has 1 aromatic heterocycles. The van der Waals surface area contributed by atoms with Crippen LogP contribution in [0.1, 0.15) is 34.8 Å². The average molecular weight is 352 g/mol. The molecule has 0 aliphatic carbocycles. The van der Waals surface area contributed by atoms with Gasteiger partial charge in [-0.05, 0) is 43.8 Å². The molecule has 1 aromatic carbocycles. The molecule has 1 heterocycles. The second-order valence-corrected chi connectivity index (χ2v) is 5.18. The molecule has 24 heavy (non-hydrogen) atoms. The Hall–Kier alpha value is -2.31. The molecule has 0 aliphatic heterocycles. The molecule has 2 amide bonds. The van der Waals surface area contributed by atoms with Crippen LogP contribution in [0.3, 0.4) is 0 Å². The molecule has 130 valence electrons. The maximum atomic E-state index is 12.1. The lowest BCUT2D eigenvalue weighted by Crippen LogP contribution is -2.38. The maximum absolute atomic E-state index is 12.1. The molecule has 7 heteroatoms. The number of rotatable bonds is 7. The van der Waals surface area contributed by atoms with Gasteiger partial charge in [0.2, 0.25) is 0 Å². The van der Waals surface area contributed by atoms with Crippen LogP contribution in [0, 0.1) is 0 Å². The fraction of sp³-hybridized carbons (Fsp3) is 0.294. The summed E-state index contributed by atoms with van der Waals surface area (Å²) in [7, 11) is 0. The summed E-state index contributed by atoms with van der Waals surface area (Å²) >= 11 is 0. The molecule has 3 N–H and O–H groups in total. The number of hydrogen-bond donors (Lipinski definition) is 3. The van der Waals surface area contributed by atoms with Crippen molar-refractivity contribution >= 4 is 29.9 Å². The highest BCUT2D eigenvalue weighted by atomic mass is 35.5. The molecule has 0 saturated heterocycles. The summed E-state index contributed by atoms with van der Waals surface area (Å²) in [5, 5.41) is 8.78. The first kappa shape index (κ1) is 19.7. The SMILES string of the molecule is CCN[C@H](C)CNC(=O)c1cccc(NC(=O)c2ccco2)c1.Cl. The lowest BCUT2D eigenvalue weighted by atomic mass is 10.2. The van der Waals surface area contributed by atoms with E-state index in [4.69, 9.17) is 4.42 Å². The van der Waals surface area contributed by atoms with E-state index in [9.17, 15) is 9.59 Å². The number of anilines is 1. The van der Waals surface area contributed by atoms with Crippen molar-refractivity contribution in [2.75, 3.05) is 18.4 Å². The van der Waals surface area contributed by atoms with Gasteiger partial charge in [-0.1, -0.05) is 13.0 Å². The van der Waals surface area contributed by atoms with Crippen LogP contribution in [-0.4, -0.2) is 30.9 Å². The Morgan fingerprint density at radius 3 is 2.62 bits per heavy atom. The average Bonchev–Trinajstić information content (AvgIpc) is 3.08. The minimum atomic E-state index is -0.353. The fourth-order valence-electron chi connectivity index (χ4n) is 2.11. The number of carbonyl (C=O) groups is 2. The molecule has 2 rings (SSSR count). The van der Waals surface area contributed by atoms with Gasteiger partial charge >= 0.3 is 0 Å². The third-order valence-electron chi connectivity index (χ3n) is 3.25. The Balaban J connectivity index is 0.00000288. The third-order valence-corrected chi connectivity index (χ3v) is 3.25. The van der Waals surface area contributed by atoms with Crippen LogP contribution in [0.25, 0.3) is 0 Å². The monoisotopic (exact) mass is 351 g/mol. The smallest absolute Gasteiger partial charge is 0.291 e. The Morgan fingerprint density at radius 1 is 1.17 bits per heavy atom. The Morgan fingerprint density at radius 2 is 1.96 bits per heavy atom. The number of amides is 2. The molecule has 6 nitrogen and oxygen atoms in total. The van der Waals surface area contributed by atoms with Crippen LogP contribution >= 0.6 is 12.4 Å². The van der Waals surface area contributed by atoms with Crippen LogP contribution in [0.2, 0.25) is 0 Å². The zero-order valence-corrected chi connectivity index (χ0v) is 14.5. The van der Waals surface area contributed by atoms with E-state index in [0.717, 1.165) is 6.54 Å². The first-order valence-corrected chi connectivity index (χ1v) is 7.56. The summed E-state index contributed by atoms with van der Waals surface area (Å²) in [5.74, 6) is -0.309. The van der Waals surface area contributed by atoms with Crippen molar-refractivity contribution in [1.82, 2.24) is 10.6 Å². The second-order valence-electron chi connectivity index (χ2n) is 5.18. The number of hydrogen-bond acceptors (Lipinski definition) is 4. The third kappa shape index (κ3) is 5.72. The van der Waals surface area contributed by atoms with Gasteiger partial charge in [0.15, 0.2) is 5.76 Å². The van der Waals surface area contributed by atoms with E-state index < -0.39 is 0 Å². The highest BCUT2D eigenvalue weighted by Gasteiger charge is 2.11. The molecule has 0 aliphatic rings. The minimum Gasteiger partial charge on any atom is -0.459 e. The summed E-state index contributed by atoms with van der Waals surface area (Å²) in [6.07, 6.45) is 1.43. The summed E-state index contributed by atoms with van der Waals surface area (Å²) in [6.45, 7) is 5.41. The largest absolute Gasteiger partial charge is 0.459 e. The quantitative estimate of drug-likeness (QED) is 0.716. The first-order valence-electron chi connectivity index (χ1n) is 7.56. The molecule has 0 bridgehead atoms. The number of likely N-dealkylation sites (N-methyl/N-ethyl adjacent to an activating group) is 1. The van der Waals surface area contributed by atoms with Crippen molar-refractivity contribution in [3.8, 4) is 0 Å². The molecule has 0 unspecified atom stereocenters. The summed E-state index contributed by atoms with van der Waals surface area (Å²) < 4.78 is 5.03. The van der Waals surface area contributed by atoms with Gasteiger partial charge in [0, 0.05) is 23.8 Å². The van der Waals surface area contributed by atoms with Crippen LogP contribution in [0.4, 0.5) is 5.69 Å². The van der Waals surface area contributed by atoms with Crippen molar-refractivity contribution in [2.45, 2.75) is 19.9 Å². The highest BCUT2D eigenvalue weighted by Crippen LogP contribution is 2.12.